The van der Waals surface area contributed by atoms with E-state index in [-0.39, 0.29) is 16.8 Å². The van der Waals surface area contributed by atoms with Crippen LogP contribution < -0.4 is 5.32 Å². The molecule has 0 unspecified atom stereocenters. The summed E-state index contributed by atoms with van der Waals surface area (Å²) < 4.78 is 25.9. The zero-order valence-electron chi connectivity index (χ0n) is 11.1. The van der Waals surface area contributed by atoms with Gasteiger partial charge in [-0.2, -0.15) is 0 Å². The van der Waals surface area contributed by atoms with Gasteiger partial charge in [0, 0.05) is 21.7 Å². The number of benzene rings is 2. The third-order valence-corrected chi connectivity index (χ3v) is 4.05. The Hall–Kier alpha value is -1.59. The molecule has 0 fully saturated rings. The van der Waals surface area contributed by atoms with E-state index in [4.69, 9.17) is 11.6 Å². The number of carbonyl (C=O) groups is 1. The summed E-state index contributed by atoms with van der Waals surface area (Å²) >= 11 is 7.14. The number of carbonyl (C=O) groups excluding carboxylic acids is 1. The van der Waals surface area contributed by atoms with Crippen LogP contribution in [0.4, 0.5) is 14.5 Å². The molecule has 2 rings (SSSR count). The van der Waals surface area contributed by atoms with Gasteiger partial charge in [0.15, 0.2) is 11.6 Å². The van der Waals surface area contributed by atoms with Gasteiger partial charge < -0.3 is 5.32 Å². The van der Waals surface area contributed by atoms with Crippen LogP contribution in [-0.2, 0) is 4.79 Å². The third-order valence-electron chi connectivity index (χ3n) is 2.68. The fourth-order valence-electron chi connectivity index (χ4n) is 1.59. The fourth-order valence-corrected chi connectivity index (χ4v) is 2.58. The van der Waals surface area contributed by atoms with E-state index in [2.05, 4.69) is 5.32 Å². The van der Waals surface area contributed by atoms with E-state index in [1.165, 1.54) is 17.8 Å². The van der Waals surface area contributed by atoms with Crippen LogP contribution in [0.5, 0.6) is 0 Å². The molecule has 1 atom stereocenters. The topological polar surface area (TPSA) is 29.1 Å². The maximum Gasteiger partial charge on any atom is 0.237 e. The summed E-state index contributed by atoms with van der Waals surface area (Å²) in [5.74, 6) is -2.23. The Morgan fingerprint density at radius 2 is 1.81 bits per heavy atom. The van der Waals surface area contributed by atoms with Crippen LogP contribution in [0, 0.1) is 11.6 Å². The van der Waals surface area contributed by atoms with Crippen molar-refractivity contribution < 1.29 is 13.6 Å². The van der Waals surface area contributed by atoms with Gasteiger partial charge in [0.1, 0.15) is 0 Å². The van der Waals surface area contributed by atoms with Crippen molar-refractivity contribution in [1.82, 2.24) is 0 Å². The molecule has 0 aromatic heterocycles. The molecule has 0 aliphatic carbocycles. The molecule has 1 N–H and O–H groups in total. The molecule has 0 radical (unpaired) electrons. The lowest BCUT2D eigenvalue weighted by atomic mass is 10.3. The van der Waals surface area contributed by atoms with Crippen molar-refractivity contribution in [3.8, 4) is 0 Å². The smallest absolute Gasteiger partial charge is 0.237 e. The second kappa shape index (κ2) is 6.91. The molecule has 0 bridgehead atoms. The molecule has 2 aromatic rings. The number of anilines is 1. The van der Waals surface area contributed by atoms with Gasteiger partial charge in [-0.3, -0.25) is 4.79 Å². The standard InChI is InChI=1S/C15H12ClF2NOS/c1-9(21-12-5-2-10(16)3-6-12)15(20)19-11-4-7-13(17)14(18)8-11/h2-9H,1H3,(H,19,20)/t9-/m1/s1. The van der Waals surface area contributed by atoms with Crippen LogP contribution in [0.2, 0.25) is 5.02 Å². The predicted octanol–water partition coefficient (Wildman–Crippen LogP) is 4.74. The molecule has 0 aliphatic heterocycles. The number of amides is 1. The Kier molecular flexibility index (Phi) is 5.20. The Morgan fingerprint density at radius 1 is 1.14 bits per heavy atom. The summed E-state index contributed by atoms with van der Waals surface area (Å²) in [4.78, 5) is 12.9. The first-order chi connectivity index (χ1) is 9.95. The molecule has 0 aliphatic rings. The maximum absolute atomic E-state index is 13.1. The normalized spacial score (nSPS) is 12.0. The molecule has 0 saturated carbocycles. The van der Waals surface area contributed by atoms with Crippen molar-refractivity contribution in [1.29, 1.82) is 0 Å². The Labute approximate surface area is 130 Å². The Morgan fingerprint density at radius 3 is 2.43 bits per heavy atom. The Balaban J connectivity index is 1.98. The lowest BCUT2D eigenvalue weighted by Gasteiger charge is -2.12. The Bertz CT molecular complexity index is 649. The minimum atomic E-state index is -0.995. The van der Waals surface area contributed by atoms with Gasteiger partial charge in [0.05, 0.1) is 5.25 Å². The van der Waals surface area contributed by atoms with Crippen LogP contribution in [0.1, 0.15) is 6.92 Å². The second-order valence-electron chi connectivity index (χ2n) is 4.33. The van der Waals surface area contributed by atoms with Crippen molar-refractivity contribution in [2.24, 2.45) is 0 Å². The zero-order valence-corrected chi connectivity index (χ0v) is 12.6. The average Bonchev–Trinajstić information content (AvgIpc) is 2.45. The van der Waals surface area contributed by atoms with E-state index in [9.17, 15) is 13.6 Å². The zero-order chi connectivity index (χ0) is 15.4. The molecule has 2 aromatic carbocycles. The summed E-state index contributed by atoms with van der Waals surface area (Å²) in [5, 5.41) is 2.78. The SMILES string of the molecule is C[C@@H](Sc1ccc(Cl)cc1)C(=O)Nc1ccc(F)c(F)c1. The average molecular weight is 328 g/mol. The van der Waals surface area contributed by atoms with Crippen molar-refractivity contribution in [3.05, 3.63) is 59.1 Å². The number of halogens is 3. The van der Waals surface area contributed by atoms with Gasteiger partial charge in [-0.1, -0.05) is 11.6 Å². The lowest BCUT2D eigenvalue weighted by Crippen LogP contribution is -2.22. The highest BCUT2D eigenvalue weighted by atomic mass is 35.5. The molecule has 21 heavy (non-hydrogen) atoms. The van der Waals surface area contributed by atoms with Crippen LogP contribution in [0.25, 0.3) is 0 Å². The van der Waals surface area contributed by atoms with E-state index in [0.29, 0.717) is 5.02 Å². The largest absolute Gasteiger partial charge is 0.325 e. The number of hydrogen-bond acceptors (Lipinski definition) is 2. The maximum atomic E-state index is 13.1. The van der Waals surface area contributed by atoms with Gasteiger partial charge in [-0.05, 0) is 43.3 Å². The number of nitrogens with one attached hydrogen (secondary N) is 1. The van der Waals surface area contributed by atoms with E-state index >= 15 is 0 Å². The van der Waals surface area contributed by atoms with Crippen molar-refractivity contribution in [2.45, 2.75) is 17.1 Å². The van der Waals surface area contributed by atoms with E-state index in [1.54, 1.807) is 19.1 Å². The van der Waals surface area contributed by atoms with Crippen LogP contribution >= 0.6 is 23.4 Å². The second-order valence-corrected chi connectivity index (χ2v) is 6.18. The summed E-state index contributed by atoms with van der Waals surface area (Å²) in [7, 11) is 0. The third kappa shape index (κ3) is 4.44. The van der Waals surface area contributed by atoms with E-state index in [1.807, 2.05) is 12.1 Å². The first kappa shape index (κ1) is 15.8. The molecular weight excluding hydrogens is 316 g/mol. The van der Waals surface area contributed by atoms with Gasteiger partial charge in [0.25, 0.3) is 0 Å². The molecular formula is C15H12ClF2NOS. The molecule has 1 amide bonds. The molecule has 6 heteroatoms. The number of hydrogen-bond donors (Lipinski definition) is 1. The number of rotatable bonds is 4. The highest BCUT2D eigenvalue weighted by Crippen LogP contribution is 2.25. The monoisotopic (exact) mass is 327 g/mol. The van der Waals surface area contributed by atoms with Gasteiger partial charge in [-0.25, -0.2) is 8.78 Å². The quantitative estimate of drug-likeness (QED) is 0.822. The van der Waals surface area contributed by atoms with Crippen molar-refractivity contribution in [3.63, 3.8) is 0 Å². The van der Waals surface area contributed by atoms with E-state index in [0.717, 1.165) is 17.0 Å². The van der Waals surface area contributed by atoms with Crippen LogP contribution in [0.3, 0.4) is 0 Å². The first-order valence-electron chi connectivity index (χ1n) is 6.14. The summed E-state index contributed by atoms with van der Waals surface area (Å²) in [6.07, 6.45) is 0. The predicted molar refractivity (Wildman–Crippen MR) is 81.8 cm³/mol. The molecule has 0 saturated heterocycles. The van der Waals surface area contributed by atoms with Crippen molar-refractivity contribution >= 4 is 35.0 Å². The van der Waals surface area contributed by atoms with Gasteiger partial charge >= 0.3 is 0 Å². The van der Waals surface area contributed by atoms with Gasteiger partial charge in [0.2, 0.25) is 5.91 Å². The highest BCUT2D eigenvalue weighted by Gasteiger charge is 2.15. The summed E-state index contributed by atoms with van der Waals surface area (Å²) in [6.45, 7) is 1.73. The summed E-state index contributed by atoms with van der Waals surface area (Å²) in [6, 6.07) is 10.3. The van der Waals surface area contributed by atoms with Crippen LogP contribution in [0.15, 0.2) is 47.4 Å². The highest BCUT2D eigenvalue weighted by molar-refractivity contribution is 8.00. The van der Waals surface area contributed by atoms with Crippen molar-refractivity contribution in [2.75, 3.05) is 5.32 Å². The minimum absolute atomic E-state index is 0.224. The number of thioether (sulfide) groups is 1. The van der Waals surface area contributed by atoms with Crippen LogP contribution in [-0.4, -0.2) is 11.2 Å². The first-order valence-corrected chi connectivity index (χ1v) is 7.39. The minimum Gasteiger partial charge on any atom is -0.325 e. The van der Waals surface area contributed by atoms with Gasteiger partial charge in [-0.15, -0.1) is 11.8 Å². The molecule has 0 heterocycles. The van der Waals surface area contributed by atoms with E-state index < -0.39 is 11.6 Å². The molecule has 110 valence electrons. The lowest BCUT2D eigenvalue weighted by molar-refractivity contribution is -0.115. The fraction of sp³-hybridized carbons (Fsp3) is 0.133. The summed E-state index contributed by atoms with van der Waals surface area (Å²) in [5.41, 5.74) is 0.224. The molecule has 0 spiro atoms. The molecule has 2 nitrogen and oxygen atoms in total.